The molecule has 5 heteroatoms. The van der Waals surface area contributed by atoms with Crippen molar-refractivity contribution in [3.63, 3.8) is 0 Å². The molecule has 1 heterocycles. The molecule has 3 amide bonds. The number of likely N-dealkylation sites (tertiary alicyclic amines) is 1. The zero-order valence-electron chi connectivity index (χ0n) is 14.9. The van der Waals surface area contributed by atoms with E-state index in [9.17, 15) is 9.59 Å². The maximum atomic E-state index is 12.2. The molecule has 2 N–H and O–H groups in total. The van der Waals surface area contributed by atoms with Crippen molar-refractivity contribution in [3.8, 4) is 0 Å². The number of nitrogens with one attached hydrogen (secondary N) is 2. The van der Waals surface area contributed by atoms with Crippen LogP contribution in [-0.4, -0.2) is 42.0 Å². The molecule has 0 aromatic heterocycles. The van der Waals surface area contributed by atoms with Gasteiger partial charge in [0.1, 0.15) is 0 Å². The van der Waals surface area contributed by atoms with Gasteiger partial charge in [0.2, 0.25) is 5.91 Å². The van der Waals surface area contributed by atoms with Crippen molar-refractivity contribution >= 4 is 11.9 Å². The van der Waals surface area contributed by atoms with Crippen LogP contribution in [0.1, 0.15) is 39.2 Å². The minimum atomic E-state index is -0.416. The van der Waals surface area contributed by atoms with Crippen LogP contribution in [0.2, 0.25) is 0 Å². The summed E-state index contributed by atoms with van der Waals surface area (Å²) < 4.78 is 0. The Morgan fingerprint density at radius 1 is 1.12 bits per heavy atom. The number of benzene rings is 1. The van der Waals surface area contributed by atoms with Crippen LogP contribution in [0.15, 0.2) is 30.3 Å². The summed E-state index contributed by atoms with van der Waals surface area (Å²) in [6, 6.07) is 9.88. The van der Waals surface area contributed by atoms with Crippen LogP contribution < -0.4 is 10.6 Å². The zero-order valence-corrected chi connectivity index (χ0v) is 14.9. The lowest BCUT2D eigenvalue weighted by Crippen LogP contribution is -2.52. The molecule has 1 aliphatic heterocycles. The first kappa shape index (κ1) is 18.5. The van der Waals surface area contributed by atoms with Crippen LogP contribution in [0.3, 0.4) is 0 Å². The molecule has 5 nitrogen and oxygen atoms in total. The molecule has 0 radical (unpaired) electrons. The van der Waals surface area contributed by atoms with Gasteiger partial charge in [0.15, 0.2) is 0 Å². The van der Waals surface area contributed by atoms with Crippen molar-refractivity contribution in [2.75, 3.05) is 13.1 Å². The number of hydrogen-bond acceptors (Lipinski definition) is 3. The summed E-state index contributed by atoms with van der Waals surface area (Å²) in [6.45, 7) is 7.40. The lowest BCUT2D eigenvalue weighted by Gasteiger charge is -2.35. The van der Waals surface area contributed by atoms with Crippen molar-refractivity contribution in [1.29, 1.82) is 0 Å². The minimum absolute atomic E-state index is 0.0156. The number of urea groups is 1. The van der Waals surface area contributed by atoms with E-state index in [-0.39, 0.29) is 18.0 Å². The summed E-state index contributed by atoms with van der Waals surface area (Å²) in [7, 11) is 0. The van der Waals surface area contributed by atoms with Crippen LogP contribution in [0.5, 0.6) is 0 Å². The highest BCUT2D eigenvalue weighted by Gasteiger charge is 2.27. The Kier molecular flexibility index (Phi) is 6.79. The van der Waals surface area contributed by atoms with E-state index >= 15 is 0 Å². The number of carbonyl (C=O) groups excluding carboxylic acids is 2. The number of piperidine rings is 1. The van der Waals surface area contributed by atoms with Crippen molar-refractivity contribution in [2.24, 2.45) is 5.92 Å². The number of amides is 3. The number of rotatable bonds is 5. The highest BCUT2D eigenvalue weighted by molar-refractivity contribution is 5.96. The van der Waals surface area contributed by atoms with E-state index in [0.29, 0.717) is 5.92 Å². The van der Waals surface area contributed by atoms with Gasteiger partial charge in [-0.1, -0.05) is 30.3 Å². The van der Waals surface area contributed by atoms with Crippen LogP contribution in [0, 0.1) is 5.92 Å². The Labute approximate surface area is 144 Å². The molecule has 0 aliphatic carbocycles. The first-order valence-electron chi connectivity index (χ1n) is 8.85. The smallest absolute Gasteiger partial charge is 0.321 e. The molecular weight excluding hydrogens is 302 g/mol. The summed E-state index contributed by atoms with van der Waals surface area (Å²) in [6.07, 6.45) is 3.28. The van der Waals surface area contributed by atoms with Gasteiger partial charge in [0, 0.05) is 6.04 Å². The fourth-order valence-corrected chi connectivity index (χ4v) is 3.17. The third-order valence-corrected chi connectivity index (χ3v) is 4.60. The molecule has 0 saturated carbocycles. The average Bonchev–Trinajstić information content (AvgIpc) is 2.55. The predicted octanol–water partition coefficient (Wildman–Crippen LogP) is 2.56. The maximum absolute atomic E-state index is 12.2. The highest BCUT2D eigenvalue weighted by Crippen LogP contribution is 2.22. The molecule has 1 aliphatic rings. The second-order valence-electron chi connectivity index (χ2n) is 6.96. The van der Waals surface area contributed by atoms with Gasteiger partial charge in [0.05, 0.1) is 6.04 Å². The molecule has 0 unspecified atom stereocenters. The predicted molar refractivity (Wildman–Crippen MR) is 95.7 cm³/mol. The van der Waals surface area contributed by atoms with E-state index in [1.54, 1.807) is 0 Å². The summed E-state index contributed by atoms with van der Waals surface area (Å²) in [4.78, 5) is 26.0. The monoisotopic (exact) mass is 331 g/mol. The summed E-state index contributed by atoms with van der Waals surface area (Å²) in [5.41, 5.74) is 1.38. The van der Waals surface area contributed by atoms with Crippen molar-refractivity contribution in [1.82, 2.24) is 15.5 Å². The third-order valence-electron chi connectivity index (χ3n) is 4.60. The minimum Gasteiger partial charge on any atom is -0.336 e. The summed E-state index contributed by atoms with van der Waals surface area (Å²) in [5, 5.41) is 5.11. The molecule has 24 heavy (non-hydrogen) atoms. The lowest BCUT2D eigenvalue weighted by molar-refractivity contribution is -0.125. The second kappa shape index (κ2) is 8.83. The Hall–Kier alpha value is -1.88. The number of hydrogen-bond donors (Lipinski definition) is 2. The first-order valence-corrected chi connectivity index (χ1v) is 8.85. The molecule has 0 bridgehead atoms. The largest absolute Gasteiger partial charge is 0.336 e. The Morgan fingerprint density at radius 2 is 1.75 bits per heavy atom. The topological polar surface area (TPSA) is 61.4 Å². The maximum Gasteiger partial charge on any atom is 0.321 e. The highest BCUT2D eigenvalue weighted by atomic mass is 16.2. The SMILES string of the molecule is CC(C)NC(=O)NC(=O)[C@@H](C)N1CCC(Cc2ccccc2)CC1. The summed E-state index contributed by atoms with van der Waals surface area (Å²) >= 11 is 0. The van der Waals surface area contributed by atoms with E-state index in [2.05, 4.69) is 39.8 Å². The van der Waals surface area contributed by atoms with Gasteiger partial charge in [-0.05, 0) is 64.6 Å². The van der Waals surface area contributed by atoms with Crippen LogP contribution in [0.25, 0.3) is 0 Å². The van der Waals surface area contributed by atoms with E-state index in [1.165, 1.54) is 5.56 Å². The Balaban J connectivity index is 1.76. The summed E-state index contributed by atoms with van der Waals surface area (Å²) in [5.74, 6) is 0.442. The van der Waals surface area contributed by atoms with Crippen LogP contribution >= 0.6 is 0 Å². The fraction of sp³-hybridized carbons (Fsp3) is 0.579. The van der Waals surface area contributed by atoms with Gasteiger partial charge in [-0.3, -0.25) is 15.0 Å². The normalized spacial score (nSPS) is 17.5. The average molecular weight is 331 g/mol. The van der Waals surface area contributed by atoms with E-state index in [1.807, 2.05) is 26.8 Å². The molecular formula is C19H29N3O2. The molecule has 1 fully saturated rings. The first-order chi connectivity index (χ1) is 11.5. The Bertz CT molecular complexity index is 537. The molecule has 1 aromatic rings. The van der Waals surface area contributed by atoms with Gasteiger partial charge in [-0.2, -0.15) is 0 Å². The molecule has 132 valence electrons. The van der Waals surface area contributed by atoms with Gasteiger partial charge in [0.25, 0.3) is 0 Å². The lowest BCUT2D eigenvalue weighted by atomic mass is 9.89. The van der Waals surface area contributed by atoms with Crippen LogP contribution in [0.4, 0.5) is 4.79 Å². The van der Waals surface area contributed by atoms with Gasteiger partial charge in [-0.15, -0.1) is 0 Å². The fourth-order valence-electron chi connectivity index (χ4n) is 3.17. The standard InChI is InChI=1S/C19H29N3O2/c1-14(2)20-19(24)21-18(23)15(3)22-11-9-17(10-12-22)13-16-7-5-4-6-8-16/h4-8,14-15,17H,9-13H2,1-3H3,(H2,20,21,23,24)/t15-/m1/s1. The Morgan fingerprint density at radius 3 is 2.33 bits per heavy atom. The number of imide groups is 1. The van der Waals surface area contributed by atoms with Crippen molar-refractivity contribution in [2.45, 2.75) is 52.1 Å². The molecule has 0 spiro atoms. The van der Waals surface area contributed by atoms with E-state index in [0.717, 1.165) is 32.4 Å². The van der Waals surface area contributed by atoms with Gasteiger partial charge in [-0.25, -0.2) is 4.79 Å². The van der Waals surface area contributed by atoms with E-state index in [4.69, 9.17) is 0 Å². The number of carbonyl (C=O) groups is 2. The van der Waals surface area contributed by atoms with E-state index < -0.39 is 6.03 Å². The van der Waals surface area contributed by atoms with Crippen LogP contribution in [-0.2, 0) is 11.2 Å². The molecule has 1 saturated heterocycles. The molecule has 1 aromatic carbocycles. The van der Waals surface area contributed by atoms with Crippen molar-refractivity contribution in [3.05, 3.63) is 35.9 Å². The van der Waals surface area contributed by atoms with Gasteiger partial charge < -0.3 is 5.32 Å². The van der Waals surface area contributed by atoms with Gasteiger partial charge >= 0.3 is 6.03 Å². The zero-order chi connectivity index (χ0) is 17.5. The van der Waals surface area contributed by atoms with Crippen molar-refractivity contribution < 1.29 is 9.59 Å². The molecule has 1 atom stereocenters. The molecule has 2 rings (SSSR count). The number of nitrogens with zero attached hydrogens (tertiary/aromatic N) is 1. The second-order valence-corrected chi connectivity index (χ2v) is 6.96. The third kappa shape index (κ3) is 5.64. The quantitative estimate of drug-likeness (QED) is 0.872.